The molecule has 3 saturated carbocycles. The molecular formula is C22H29NO. The second-order valence-electron chi connectivity index (χ2n) is 8.65. The van der Waals surface area contributed by atoms with Gasteiger partial charge < -0.3 is 0 Å². The van der Waals surface area contributed by atoms with Crippen LogP contribution in [0.5, 0.6) is 0 Å². The van der Waals surface area contributed by atoms with E-state index in [2.05, 4.69) is 31.7 Å². The van der Waals surface area contributed by atoms with Gasteiger partial charge in [0.1, 0.15) is 5.78 Å². The van der Waals surface area contributed by atoms with Gasteiger partial charge in [-0.1, -0.05) is 24.6 Å². The maximum absolute atomic E-state index is 11.9. The van der Waals surface area contributed by atoms with Gasteiger partial charge in [-0.15, -0.1) is 6.58 Å². The minimum atomic E-state index is 0.243. The van der Waals surface area contributed by atoms with E-state index in [1.165, 1.54) is 24.8 Å². The Balaban J connectivity index is 1.74. The molecule has 0 aromatic heterocycles. The second kappa shape index (κ2) is 5.87. The van der Waals surface area contributed by atoms with E-state index < -0.39 is 0 Å². The van der Waals surface area contributed by atoms with Crippen molar-refractivity contribution in [3.63, 3.8) is 0 Å². The quantitative estimate of drug-likeness (QED) is 0.666. The summed E-state index contributed by atoms with van der Waals surface area (Å²) in [7, 11) is 0. The summed E-state index contributed by atoms with van der Waals surface area (Å²) in [5, 5.41) is 9.72. The standard InChI is InChI=1S/C22H29NO/c1-3-14-11-15-12-17(24)6-7-18(15)19-9-10-22(4-2)16(13-23)5-8-20(22)21(14)19/h3,11,14,16,18-21H,1,4-10,12H2,2H3/t14-,16+,18-,19+,20-,21+,22+/m0/s1. The van der Waals surface area contributed by atoms with Gasteiger partial charge in [-0.05, 0) is 73.5 Å². The van der Waals surface area contributed by atoms with Crippen molar-refractivity contribution in [3.05, 3.63) is 24.3 Å². The zero-order valence-corrected chi connectivity index (χ0v) is 14.8. The highest BCUT2D eigenvalue weighted by atomic mass is 16.1. The predicted octanol–water partition coefficient (Wildman–Crippen LogP) is 5.07. The number of rotatable bonds is 2. The molecule has 4 aliphatic rings. The topological polar surface area (TPSA) is 40.9 Å². The number of carbonyl (C=O) groups is 1. The fourth-order valence-electron chi connectivity index (χ4n) is 7.15. The first kappa shape index (κ1) is 16.1. The first-order chi connectivity index (χ1) is 11.6. The van der Waals surface area contributed by atoms with E-state index in [-0.39, 0.29) is 11.3 Å². The fraction of sp³-hybridized carbons (Fsp3) is 0.727. The third kappa shape index (κ3) is 2.10. The van der Waals surface area contributed by atoms with Gasteiger partial charge in [0.15, 0.2) is 0 Å². The maximum atomic E-state index is 11.9. The Morgan fingerprint density at radius 3 is 2.92 bits per heavy atom. The van der Waals surface area contributed by atoms with Crippen LogP contribution in [-0.2, 0) is 4.79 Å². The molecule has 0 aromatic carbocycles. The number of nitriles is 1. The Kier molecular flexibility index (Phi) is 3.94. The smallest absolute Gasteiger partial charge is 0.136 e. The normalized spacial score (nSPS) is 47.0. The van der Waals surface area contributed by atoms with Crippen molar-refractivity contribution in [2.24, 2.45) is 40.9 Å². The Hall–Kier alpha value is -1.36. The molecule has 0 aromatic rings. The van der Waals surface area contributed by atoms with Gasteiger partial charge in [-0.3, -0.25) is 4.79 Å². The first-order valence-corrected chi connectivity index (χ1v) is 9.89. The van der Waals surface area contributed by atoms with E-state index >= 15 is 0 Å². The van der Waals surface area contributed by atoms with Gasteiger partial charge in [-0.25, -0.2) is 0 Å². The lowest BCUT2D eigenvalue weighted by Gasteiger charge is -2.55. The van der Waals surface area contributed by atoms with Crippen LogP contribution in [-0.4, -0.2) is 5.78 Å². The summed E-state index contributed by atoms with van der Waals surface area (Å²) in [6.07, 6.45) is 13.0. The Morgan fingerprint density at radius 2 is 2.21 bits per heavy atom. The van der Waals surface area contributed by atoms with Gasteiger partial charge in [0.2, 0.25) is 0 Å². The average molecular weight is 323 g/mol. The summed E-state index contributed by atoms with van der Waals surface area (Å²) in [6, 6.07) is 2.66. The van der Waals surface area contributed by atoms with Crippen LogP contribution in [0.2, 0.25) is 0 Å². The molecule has 0 spiro atoms. The van der Waals surface area contributed by atoms with Crippen LogP contribution in [0, 0.1) is 52.3 Å². The monoisotopic (exact) mass is 323 g/mol. The zero-order valence-electron chi connectivity index (χ0n) is 14.8. The SMILES string of the molecule is C=C[C@H]1C=C2CC(=O)CC[C@@H]2[C@H]2CC[C@]3(CC)[C@@H](C#N)CC[C@H]3[C@H]12. The van der Waals surface area contributed by atoms with Crippen LogP contribution in [0.25, 0.3) is 0 Å². The van der Waals surface area contributed by atoms with Crippen LogP contribution in [0.4, 0.5) is 0 Å². The van der Waals surface area contributed by atoms with E-state index in [9.17, 15) is 10.1 Å². The Labute approximate surface area is 146 Å². The number of fused-ring (bicyclic) bond motifs is 5. The zero-order chi connectivity index (χ0) is 16.9. The largest absolute Gasteiger partial charge is 0.299 e. The van der Waals surface area contributed by atoms with Crippen molar-refractivity contribution < 1.29 is 4.79 Å². The summed E-state index contributed by atoms with van der Waals surface area (Å²) in [6.45, 7) is 6.44. The van der Waals surface area contributed by atoms with E-state index in [1.54, 1.807) is 0 Å². The summed E-state index contributed by atoms with van der Waals surface area (Å²) >= 11 is 0. The van der Waals surface area contributed by atoms with Crippen molar-refractivity contribution >= 4 is 5.78 Å². The summed E-state index contributed by atoms with van der Waals surface area (Å²) in [4.78, 5) is 11.9. The molecule has 2 heteroatoms. The summed E-state index contributed by atoms with van der Waals surface area (Å²) in [5.41, 5.74) is 1.66. The Morgan fingerprint density at radius 1 is 1.38 bits per heavy atom. The molecule has 0 N–H and O–H groups in total. The summed E-state index contributed by atoms with van der Waals surface area (Å²) in [5.74, 6) is 3.73. The predicted molar refractivity (Wildman–Crippen MR) is 94.9 cm³/mol. The van der Waals surface area contributed by atoms with Gasteiger partial charge in [0.25, 0.3) is 0 Å². The molecular weight excluding hydrogens is 294 g/mol. The highest BCUT2D eigenvalue weighted by Crippen LogP contribution is 2.65. The van der Waals surface area contributed by atoms with E-state index in [1.807, 2.05) is 0 Å². The molecule has 0 unspecified atom stereocenters. The minimum Gasteiger partial charge on any atom is -0.299 e. The van der Waals surface area contributed by atoms with E-state index in [0.29, 0.717) is 41.8 Å². The molecule has 4 rings (SSSR count). The van der Waals surface area contributed by atoms with Crippen LogP contribution in [0.1, 0.15) is 58.3 Å². The number of allylic oxidation sites excluding steroid dienone is 3. The number of hydrogen-bond acceptors (Lipinski definition) is 2. The van der Waals surface area contributed by atoms with Crippen molar-refractivity contribution in [2.75, 3.05) is 0 Å². The van der Waals surface area contributed by atoms with Gasteiger partial charge in [0.05, 0.1) is 12.0 Å². The molecule has 3 fully saturated rings. The van der Waals surface area contributed by atoms with Gasteiger partial charge in [0, 0.05) is 12.8 Å². The highest BCUT2D eigenvalue weighted by molar-refractivity contribution is 5.82. The molecule has 0 amide bonds. The van der Waals surface area contributed by atoms with Gasteiger partial charge in [-0.2, -0.15) is 5.26 Å². The first-order valence-electron chi connectivity index (χ1n) is 9.89. The molecule has 128 valence electrons. The van der Waals surface area contributed by atoms with Crippen LogP contribution in [0.15, 0.2) is 24.3 Å². The maximum Gasteiger partial charge on any atom is 0.136 e. The number of ketones is 1. The average Bonchev–Trinajstić information content (AvgIpc) is 2.99. The molecule has 0 aliphatic heterocycles. The molecule has 0 radical (unpaired) electrons. The van der Waals surface area contributed by atoms with Crippen LogP contribution >= 0.6 is 0 Å². The second-order valence-corrected chi connectivity index (χ2v) is 8.65. The van der Waals surface area contributed by atoms with E-state index in [0.717, 1.165) is 25.7 Å². The Bertz CT molecular complexity index is 626. The molecule has 24 heavy (non-hydrogen) atoms. The van der Waals surface area contributed by atoms with Gasteiger partial charge >= 0.3 is 0 Å². The number of carbonyl (C=O) groups excluding carboxylic acids is 1. The fourth-order valence-corrected chi connectivity index (χ4v) is 7.15. The number of nitrogens with zero attached hydrogens (tertiary/aromatic N) is 1. The lowest BCUT2D eigenvalue weighted by Crippen LogP contribution is -2.49. The summed E-state index contributed by atoms with van der Waals surface area (Å²) < 4.78 is 0. The molecule has 0 bridgehead atoms. The lowest BCUT2D eigenvalue weighted by molar-refractivity contribution is -0.120. The van der Waals surface area contributed by atoms with E-state index in [4.69, 9.17) is 0 Å². The van der Waals surface area contributed by atoms with Crippen LogP contribution < -0.4 is 0 Å². The van der Waals surface area contributed by atoms with Crippen molar-refractivity contribution in [1.82, 2.24) is 0 Å². The number of hydrogen-bond donors (Lipinski definition) is 0. The minimum absolute atomic E-state index is 0.243. The molecule has 2 nitrogen and oxygen atoms in total. The molecule has 4 aliphatic carbocycles. The molecule has 0 heterocycles. The lowest BCUT2D eigenvalue weighted by atomic mass is 9.48. The molecule has 0 saturated heterocycles. The molecule has 7 atom stereocenters. The van der Waals surface area contributed by atoms with Crippen molar-refractivity contribution in [2.45, 2.75) is 58.3 Å². The highest BCUT2D eigenvalue weighted by Gasteiger charge is 2.59. The number of Topliss-reactive ketones (excluding diaryl/α,β-unsaturated/α-hetero) is 1. The van der Waals surface area contributed by atoms with Crippen molar-refractivity contribution in [3.8, 4) is 6.07 Å². The third-order valence-corrected chi connectivity index (χ3v) is 8.17. The van der Waals surface area contributed by atoms with Crippen molar-refractivity contribution in [1.29, 1.82) is 5.26 Å². The van der Waals surface area contributed by atoms with Crippen LogP contribution in [0.3, 0.4) is 0 Å². The third-order valence-electron chi connectivity index (χ3n) is 8.17.